The van der Waals surface area contributed by atoms with E-state index in [1.165, 1.54) is 11.3 Å². The first kappa shape index (κ1) is 15.6. The van der Waals surface area contributed by atoms with Gasteiger partial charge in [-0.25, -0.2) is 9.78 Å². The molecule has 21 heavy (non-hydrogen) atoms. The maximum absolute atomic E-state index is 11.8. The summed E-state index contributed by atoms with van der Waals surface area (Å²) >= 11 is 7.21. The van der Waals surface area contributed by atoms with Gasteiger partial charge in [-0.3, -0.25) is 0 Å². The number of halogens is 1. The molecule has 7 heteroatoms. The van der Waals surface area contributed by atoms with Crippen LogP contribution in [0.5, 0.6) is 5.75 Å². The molecule has 0 aliphatic rings. The van der Waals surface area contributed by atoms with Crippen molar-refractivity contribution in [3.8, 4) is 5.75 Å². The third-order valence-corrected chi connectivity index (χ3v) is 3.95. The van der Waals surface area contributed by atoms with Gasteiger partial charge in [0.2, 0.25) is 0 Å². The Kier molecular flexibility index (Phi) is 5.03. The topological polar surface area (TPSA) is 60.5 Å². The van der Waals surface area contributed by atoms with Crippen molar-refractivity contribution >= 4 is 39.7 Å². The van der Waals surface area contributed by atoms with E-state index in [0.29, 0.717) is 38.8 Å². The Morgan fingerprint density at radius 2 is 2.24 bits per heavy atom. The molecule has 2 aromatic rings. The van der Waals surface area contributed by atoms with E-state index < -0.39 is 0 Å². The summed E-state index contributed by atoms with van der Waals surface area (Å²) in [5.41, 5.74) is 1.32. The summed E-state index contributed by atoms with van der Waals surface area (Å²) < 4.78 is 10.3. The second-order valence-electron chi connectivity index (χ2n) is 4.12. The molecule has 5 nitrogen and oxygen atoms in total. The van der Waals surface area contributed by atoms with Crippen LogP contribution in [-0.2, 0) is 4.74 Å². The number of nitrogens with zero attached hydrogens (tertiary/aromatic N) is 1. The molecule has 1 N–H and O–H groups in total. The minimum absolute atomic E-state index is 0.334. The third kappa shape index (κ3) is 3.65. The number of nitrogens with one attached hydrogen (secondary N) is 1. The lowest BCUT2D eigenvalue weighted by Crippen LogP contribution is -2.03. The second-order valence-corrected chi connectivity index (χ2v) is 5.56. The van der Waals surface area contributed by atoms with Crippen LogP contribution >= 0.6 is 22.9 Å². The fraction of sp³-hybridized carbons (Fsp3) is 0.286. The zero-order valence-electron chi connectivity index (χ0n) is 11.9. The van der Waals surface area contributed by atoms with Crippen LogP contribution in [0.15, 0.2) is 18.2 Å². The molecular formula is C14H15ClN2O3S. The summed E-state index contributed by atoms with van der Waals surface area (Å²) in [6.07, 6.45) is 0. The quantitative estimate of drug-likeness (QED) is 0.840. The van der Waals surface area contributed by atoms with Crippen LogP contribution in [0.25, 0.3) is 0 Å². The van der Waals surface area contributed by atoms with Gasteiger partial charge >= 0.3 is 5.97 Å². The highest BCUT2D eigenvalue weighted by Gasteiger charge is 2.17. The first-order chi connectivity index (χ1) is 10.0. The molecule has 0 radical (unpaired) electrons. The van der Waals surface area contributed by atoms with Crippen LogP contribution in [0.4, 0.5) is 10.8 Å². The van der Waals surface area contributed by atoms with Crippen molar-refractivity contribution in [1.82, 2.24) is 4.98 Å². The van der Waals surface area contributed by atoms with Gasteiger partial charge in [-0.1, -0.05) is 22.9 Å². The maximum Gasteiger partial charge on any atom is 0.350 e. The van der Waals surface area contributed by atoms with Gasteiger partial charge in [0.15, 0.2) is 5.13 Å². The zero-order valence-corrected chi connectivity index (χ0v) is 13.5. The summed E-state index contributed by atoms with van der Waals surface area (Å²) in [7, 11) is 1.57. The third-order valence-electron chi connectivity index (χ3n) is 2.66. The number of esters is 1. The lowest BCUT2D eigenvalue weighted by Gasteiger charge is -2.09. The molecule has 0 aliphatic carbocycles. The monoisotopic (exact) mass is 326 g/mol. The molecule has 0 atom stereocenters. The second kappa shape index (κ2) is 6.78. The minimum atomic E-state index is -0.362. The van der Waals surface area contributed by atoms with E-state index in [-0.39, 0.29) is 5.97 Å². The van der Waals surface area contributed by atoms with Crippen molar-refractivity contribution in [2.45, 2.75) is 13.8 Å². The molecule has 1 aromatic carbocycles. The predicted molar refractivity (Wildman–Crippen MR) is 84.1 cm³/mol. The average Bonchev–Trinajstić information content (AvgIpc) is 2.80. The van der Waals surface area contributed by atoms with Crippen molar-refractivity contribution in [3.63, 3.8) is 0 Å². The van der Waals surface area contributed by atoms with Gasteiger partial charge in [0, 0.05) is 5.02 Å². The first-order valence-electron chi connectivity index (χ1n) is 6.30. The van der Waals surface area contributed by atoms with Crippen molar-refractivity contribution in [1.29, 1.82) is 0 Å². The number of benzene rings is 1. The Balaban J connectivity index is 2.26. The molecular weight excluding hydrogens is 312 g/mol. The summed E-state index contributed by atoms with van der Waals surface area (Å²) in [5, 5.41) is 4.27. The largest absolute Gasteiger partial charge is 0.495 e. The number of hydrogen-bond donors (Lipinski definition) is 1. The van der Waals surface area contributed by atoms with Crippen molar-refractivity contribution < 1.29 is 14.3 Å². The average molecular weight is 327 g/mol. The molecule has 0 aliphatic heterocycles. The fourth-order valence-electron chi connectivity index (χ4n) is 1.73. The molecule has 2 rings (SSSR count). The zero-order chi connectivity index (χ0) is 15.4. The summed E-state index contributed by atoms with van der Waals surface area (Å²) in [5.74, 6) is 0.281. The molecule has 0 unspecified atom stereocenters. The number of aryl methyl sites for hydroxylation is 1. The van der Waals surface area contributed by atoms with Gasteiger partial charge in [0.1, 0.15) is 10.6 Å². The Bertz CT molecular complexity index is 658. The molecule has 112 valence electrons. The number of rotatable bonds is 5. The molecule has 0 fully saturated rings. The van der Waals surface area contributed by atoms with Gasteiger partial charge in [0.05, 0.1) is 25.1 Å². The maximum atomic E-state index is 11.8. The van der Waals surface area contributed by atoms with Crippen LogP contribution in [0, 0.1) is 6.92 Å². The molecule has 0 spiro atoms. The lowest BCUT2D eigenvalue weighted by atomic mass is 10.3. The molecule has 0 bridgehead atoms. The van der Waals surface area contributed by atoms with Gasteiger partial charge in [-0.15, -0.1) is 0 Å². The Morgan fingerprint density at radius 1 is 1.48 bits per heavy atom. The van der Waals surface area contributed by atoms with Gasteiger partial charge in [-0.2, -0.15) is 0 Å². The highest BCUT2D eigenvalue weighted by atomic mass is 35.5. The number of carbonyl (C=O) groups is 1. The van der Waals surface area contributed by atoms with Gasteiger partial charge in [-0.05, 0) is 32.0 Å². The summed E-state index contributed by atoms with van der Waals surface area (Å²) in [6.45, 7) is 3.87. The normalized spacial score (nSPS) is 10.3. The van der Waals surface area contributed by atoms with E-state index in [2.05, 4.69) is 10.3 Å². The minimum Gasteiger partial charge on any atom is -0.495 e. The van der Waals surface area contributed by atoms with Crippen LogP contribution < -0.4 is 10.1 Å². The highest BCUT2D eigenvalue weighted by Crippen LogP contribution is 2.33. The molecule has 0 amide bonds. The van der Waals surface area contributed by atoms with Gasteiger partial charge in [0.25, 0.3) is 0 Å². The number of anilines is 2. The number of methoxy groups -OCH3 is 1. The SMILES string of the molecule is CCOC(=O)c1sc(Nc2cc(Cl)ccc2OC)nc1C. The van der Waals surface area contributed by atoms with Crippen LogP contribution in [0.3, 0.4) is 0 Å². The number of aromatic nitrogens is 1. The Hall–Kier alpha value is -1.79. The highest BCUT2D eigenvalue weighted by molar-refractivity contribution is 7.17. The Morgan fingerprint density at radius 3 is 2.90 bits per heavy atom. The van der Waals surface area contributed by atoms with E-state index in [4.69, 9.17) is 21.1 Å². The lowest BCUT2D eigenvalue weighted by molar-refractivity contribution is 0.0531. The van der Waals surface area contributed by atoms with E-state index in [1.54, 1.807) is 39.2 Å². The van der Waals surface area contributed by atoms with E-state index in [1.807, 2.05) is 0 Å². The van der Waals surface area contributed by atoms with Crippen LogP contribution in [0.2, 0.25) is 5.02 Å². The van der Waals surface area contributed by atoms with Crippen LogP contribution in [-0.4, -0.2) is 24.7 Å². The smallest absolute Gasteiger partial charge is 0.350 e. The van der Waals surface area contributed by atoms with E-state index >= 15 is 0 Å². The van der Waals surface area contributed by atoms with Crippen molar-refractivity contribution in [3.05, 3.63) is 33.8 Å². The number of ether oxygens (including phenoxy) is 2. The van der Waals surface area contributed by atoms with E-state index in [9.17, 15) is 4.79 Å². The fourth-order valence-corrected chi connectivity index (χ4v) is 2.77. The van der Waals surface area contributed by atoms with Gasteiger partial charge < -0.3 is 14.8 Å². The molecule has 0 saturated carbocycles. The summed E-state index contributed by atoms with van der Waals surface area (Å²) in [4.78, 5) is 16.6. The Labute approximate surface area is 131 Å². The van der Waals surface area contributed by atoms with E-state index in [0.717, 1.165) is 0 Å². The van der Waals surface area contributed by atoms with Crippen LogP contribution in [0.1, 0.15) is 22.3 Å². The number of hydrogen-bond acceptors (Lipinski definition) is 6. The molecule has 0 saturated heterocycles. The first-order valence-corrected chi connectivity index (χ1v) is 7.49. The predicted octanol–water partition coefficient (Wildman–Crippen LogP) is 4.03. The molecule has 1 heterocycles. The molecule has 1 aromatic heterocycles. The van der Waals surface area contributed by atoms with Crippen molar-refractivity contribution in [2.24, 2.45) is 0 Å². The number of carbonyl (C=O) groups excluding carboxylic acids is 1. The summed E-state index contributed by atoms with van der Waals surface area (Å²) in [6, 6.07) is 5.24. The number of thiazole rings is 1. The van der Waals surface area contributed by atoms with Crippen molar-refractivity contribution in [2.75, 3.05) is 19.0 Å². The standard InChI is InChI=1S/C14H15ClN2O3S/c1-4-20-13(18)12-8(2)16-14(21-12)17-10-7-9(15)5-6-11(10)19-3/h5-7H,4H2,1-3H3,(H,16,17).